The summed E-state index contributed by atoms with van der Waals surface area (Å²) in [6, 6.07) is 0. The van der Waals surface area contributed by atoms with Crippen molar-refractivity contribution in [2.75, 3.05) is 6.61 Å². The van der Waals surface area contributed by atoms with Crippen molar-refractivity contribution in [2.24, 2.45) is 0 Å². The fraction of sp³-hybridized carbons (Fsp3) is 0.889. The van der Waals surface area contributed by atoms with Crippen LogP contribution < -0.4 is 18.9 Å². The molecule has 0 N–H and O–H groups in total. The summed E-state index contributed by atoms with van der Waals surface area (Å²) in [6.07, 6.45) is 1.12. The second-order valence-corrected chi connectivity index (χ2v) is 7.76. The first-order valence-corrected chi connectivity index (χ1v) is 5.82. The van der Waals surface area contributed by atoms with E-state index >= 15 is 0 Å². The molecule has 0 amide bonds. The van der Waals surface area contributed by atoms with Crippen molar-refractivity contribution < 1.29 is 23.6 Å². The van der Waals surface area contributed by atoms with E-state index in [1.807, 2.05) is 0 Å². The van der Waals surface area contributed by atoms with Crippen LogP contribution >= 0.6 is 0 Å². The van der Waals surface area contributed by atoms with Crippen molar-refractivity contribution >= 4 is 9.52 Å². The minimum atomic E-state index is -0.152. The molecule has 0 heterocycles. The van der Waals surface area contributed by atoms with Crippen LogP contribution in [-0.4, -0.2) is 16.1 Å². The summed E-state index contributed by atoms with van der Waals surface area (Å²) < 4.78 is 5.55. The van der Waals surface area contributed by atoms with E-state index in [9.17, 15) is 0 Å². The Labute approximate surface area is 91.6 Å². The summed E-state index contributed by atoms with van der Waals surface area (Å²) in [5.74, 6) is 0. The molecule has 0 aliphatic heterocycles. The van der Waals surface area contributed by atoms with Crippen molar-refractivity contribution in [3.63, 3.8) is 0 Å². The Hall–Kier alpha value is 0.774. The van der Waals surface area contributed by atoms with Gasteiger partial charge in [-0.15, -0.1) is 0 Å². The summed E-state index contributed by atoms with van der Waals surface area (Å²) in [4.78, 5) is 0. The molecule has 3 heteroatoms. The van der Waals surface area contributed by atoms with Crippen LogP contribution in [0.4, 0.5) is 0 Å². The molecule has 0 radical (unpaired) electrons. The van der Waals surface area contributed by atoms with E-state index in [4.69, 9.17) is 4.74 Å². The number of hydrogen-bond donors (Lipinski definition) is 0. The largest absolute Gasteiger partial charge is 1.00 e. The minimum Gasteiger partial charge on any atom is -0.551 e. The van der Waals surface area contributed by atoms with E-state index in [0.717, 1.165) is 13.0 Å². The van der Waals surface area contributed by atoms with Crippen LogP contribution in [0.25, 0.3) is 0 Å². The van der Waals surface area contributed by atoms with Gasteiger partial charge < -0.3 is 4.74 Å². The number of rotatable bonds is 4. The minimum absolute atomic E-state index is 0. The first-order valence-electron chi connectivity index (χ1n) is 4.41. The van der Waals surface area contributed by atoms with Crippen molar-refractivity contribution in [1.29, 1.82) is 0 Å². The normalized spacial score (nSPS) is 12.5. The molecule has 0 atom stereocenters. The van der Waals surface area contributed by atoms with Gasteiger partial charge in [0.25, 0.3) is 0 Å². The monoisotopic (exact) mass is 180 g/mol. The topological polar surface area (TPSA) is 9.23 Å². The zero-order valence-corrected chi connectivity index (χ0v) is 10.9. The van der Waals surface area contributed by atoms with Crippen LogP contribution in [-0.2, 0) is 4.74 Å². The molecule has 0 saturated carbocycles. The molecule has 0 aliphatic carbocycles. The van der Waals surface area contributed by atoms with E-state index < -0.39 is 0 Å². The molecule has 0 unspecified atom stereocenters. The zero-order chi connectivity index (χ0) is 8.91. The summed E-state index contributed by atoms with van der Waals surface area (Å²) in [6.45, 7) is 12.0. The van der Waals surface area contributed by atoms with Gasteiger partial charge in [0.15, 0.2) is 0 Å². The van der Waals surface area contributed by atoms with E-state index in [0.29, 0.717) is 5.04 Å². The molecule has 0 aliphatic rings. The average Bonchev–Trinajstić information content (AvgIpc) is 1.79. The van der Waals surface area contributed by atoms with Gasteiger partial charge in [0.2, 0.25) is 0 Å². The molecule has 68 valence electrons. The van der Waals surface area contributed by atoms with Gasteiger partial charge in [-0.1, -0.05) is 42.3 Å². The third kappa shape index (κ3) is 10.8. The summed E-state index contributed by atoms with van der Waals surface area (Å²) in [5.41, 5.74) is 1.30. The van der Waals surface area contributed by atoms with Gasteiger partial charge >= 0.3 is 18.9 Å². The first kappa shape index (κ1) is 15.3. The maximum atomic E-state index is 5.55. The van der Waals surface area contributed by atoms with Crippen LogP contribution in [0.5, 0.6) is 0 Å². The second-order valence-electron chi connectivity index (χ2n) is 4.29. The van der Waals surface area contributed by atoms with Crippen LogP contribution in [0.1, 0.15) is 41.0 Å². The molecule has 0 rings (SSSR count). The third-order valence-electron chi connectivity index (χ3n) is 1.33. The van der Waals surface area contributed by atoms with Crippen molar-refractivity contribution in [1.82, 2.24) is 0 Å². The molecule has 0 aromatic carbocycles. The van der Waals surface area contributed by atoms with E-state index in [2.05, 4.69) is 34.6 Å². The van der Waals surface area contributed by atoms with Gasteiger partial charge in [-0.2, -0.15) is 6.92 Å². The zero-order valence-electron chi connectivity index (χ0n) is 9.53. The van der Waals surface area contributed by atoms with Crippen LogP contribution in [0.3, 0.4) is 0 Å². The Balaban J connectivity index is 0. The quantitative estimate of drug-likeness (QED) is 0.411. The predicted octanol–water partition coefficient (Wildman–Crippen LogP) is -0.686. The maximum Gasteiger partial charge on any atom is 1.00 e. The van der Waals surface area contributed by atoms with E-state index in [1.165, 1.54) is 5.73 Å². The molecular weight excluding hydrogens is 159 g/mol. The second kappa shape index (κ2) is 7.20. The smallest absolute Gasteiger partial charge is 0.551 e. The molecule has 1 nitrogen and oxygen atoms in total. The van der Waals surface area contributed by atoms with Crippen LogP contribution in [0.2, 0.25) is 5.04 Å². The first-order chi connectivity index (χ1) is 4.95. The summed E-state index contributed by atoms with van der Waals surface area (Å²) >= 11 is 0. The number of hydrogen-bond acceptors (Lipinski definition) is 1. The molecule has 0 fully saturated rings. The fourth-order valence-corrected chi connectivity index (χ4v) is 2.81. The number of ether oxygens (including phenoxy) is 1. The Bertz CT molecular complexity index is 101. The predicted molar refractivity (Wildman–Crippen MR) is 53.4 cm³/mol. The average molecular weight is 180 g/mol. The Morgan fingerprint density at radius 1 is 1.33 bits per heavy atom. The van der Waals surface area contributed by atoms with Crippen molar-refractivity contribution in [3.05, 3.63) is 5.73 Å². The summed E-state index contributed by atoms with van der Waals surface area (Å²) in [5, 5.41) is 0.498. The Morgan fingerprint density at radius 2 is 1.83 bits per heavy atom. The van der Waals surface area contributed by atoms with E-state index in [-0.39, 0.29) is 28.4 Å². The molecule has 0 saturated heterocycles. The van der Waals surface area contributed by atoms with E-state index in [1.54, 1.807) is 0 Å². The summed E-state index contributed by atoms with van der Waals surface area (Å²) in [7, 11) is -0.152. The Kier molecular flexibility index (Phi) is 9.16. The maximum absolute atomic E-state index is 5.55. The SMILES string of the molecule is CCCO[C-](C)[SiH2]C(C)(C)C.[Li+]. The molecule has 0 aromatic heterocycles. The van der Waals surface area contributed by atoms with Gasteiger partial charge in [-0.3, -0.25) is 0 Å². The molecule has 12 heavy (non-hydrogen) atoms. The van der Waals surface area contributed by atoms with Gasteiger partial charge in [0.05, 0.1) is 0 Å². The van der Waals surface area contributed by atoms with Gasteiger partial charge in [-0.25, -0.2) is 5.73 Å². The standard InChI is InChI=1S/C9H21OSi.Li/c1-6-7-10-8(2)11-9(3,4)5;/h6-7,11H2,1-5H3;/q-1;+1. The molecule has 0 spiro atoms. The Morgan fingerprint density at radius 3 is 2.17 bits per heavy atom. The van der Waals surface area contributed by atoms with Gasteiger partial charge in [-0.05, 0) is 6.42 Å². The fourth-order valence-electron chi connectivity index (χ4n) is 1.07. The molecule has 0 aromatic rings. The van der Waals surface area contributed by atoms with Gasteiger partial charge in [0, 0.05) is 6.61 Å². The van der Waals surface area contributed by atoms with Gasteiger partial charge in [0.1, 0.15) is 0 Å². The molecular formula is C9H21LiOSi. The van der Waals surface area contributed by atoms with Crippen LogP contribution in [0, 0.1) is 5.73 Å². The molecule has 0 bridgehead atoms. The van der Waals surface area contributed by atoms with Crippen molar-refractivity contribution in [3.8, 4) is 0 Å². The van der Waals surface area contributed by atoms with Crippen LogP contribution in [0.15, 0.2) is 0 Å². The van der Waals surface area contributed by atoms with Crippen molar-refractivity contribution in [2.45, 2.75) is 46.1 Å². The third-order valence-corrected chi connectivity index (χ3v) is 3.09.